The second-order valence-electron chi connectivity index (χ2n) is 3.96. The van der Waals surface area contributed by atoms with Gasteiger partial charge in [-0.1, -0.05) is 0 Å². The van der Waals surface area contributed by atoms with Gasteiger partial charge >= 0.3 is 0 Å². The van der Waals surface area contributed by atoms with Crippen LogP contribution in [-0.2, 0) is 14.8 Å². The van der Waals surface area contributed by atoms with Crippen LogP contribution in [0, 0.1) is 0 Å². The molecule has 0 saturated carbocycles. The standard InChI is InChI=1S/C10H19N3O3S/c1-9(2)16-6-4-3-5-13-17(14,15)10-7-11-12-8-10/h7-9,13H,3-6H2,1-2H3,(H,11,12). The Bertz CT molecular complexity index is 400. The summed E-state index contributed by atoms with van der Waals surface area (Å²) >= 11 is 0. The van der Waals surface area contributed by atoms with Crippen LogP contribution in [0.15, 0.2) is 17.3 Å². The van der Waals surface area contributed by atoms with Crippen molar-refractivity contribution < 1.29 is 13.2 Å². The normalized spacial score (nSPS) is 12.2. The number of ether oxygens (including phenoxy) is 1. The molecule has 0 spiro atoms. The molecule has 0 fully saturated rings. The van der Waals surface area contributed by atoms with Crippen LogP contribution in [0.3, 0.4) is 0 Å². The molecule has 7 heteroatoms. The van der Waals surface area contributed by atoms with Crippen molar-refractivity contribution in [2.75, 3.05) is 13.2 Å². The van der Waals surface area contributed by atoms with Gasteiger partial charge in [0.25, 0.3) is 0 Å². The Morgan fingerprint density at radius 3 is 2.82 bits per heavy atom. The second kappa shape index (κ2) is 6.73. The maximum Gasteiger partial charge on any atom is 0.243 e. The number of hydrogen-bond acceptors (Lipinski definition) is 4. The number of H-pyrrole nitrogens is 1. The highest BCUT2D eigenvalue weighted by molar-refractivity contribution is 7.89. The molecule has 0 atom stereocenters. The van der Waals surface area contributed by atoms with Crippen LogP contribution < -0.4 is 4.72 Å². The maximum absolute atomic E-state index is 11.6. The molecule has 0 aliphatic rings. The van der Waals surface area contributed by atoms with E-state index in [-0.39, 0.29) is 11.0 Å². The Kier molecular flexibility index (Phi) is 5.60. The van der Waals surface area contributed by atoms with Crippen LogP contribution in [-0.4, -0.2) is 37.9 Å². The van der Waals surface area contributed by atoms with Gasteiger partial charge < -0.3 is 4.74 Å². The summed E-state index contributed by atoms with van der Waals surface area (Å²) in [7, 11) is -3.41. The van der Waals surface area contributed by atoms with Crippen LogP contribution >= 0.6 is 0 Å². The molecular formula is C10H19N3O3S. The van der Waals surface area contributed by atoms with Crippen molar-refractivity contribution in [3.05, 3.63) is 12.4 Å². The summed E-state index contributed by atoms with van der Waals surface area (Å²) in [6.07, 6.45) is 4.45. The fraction of sp³-hybridized carbons (Fsp3) is 0.700. The Hall–Kier alpha value is -0.920. The van der Waals surface area contributed by atoms with Gasteiger partial charge in [0.1, 0.15) is 4.90 Å². The predicted octanol–water partition coefficient (Wildman–Crippen LogP) is 0.893. The largest absolute Gasteiger partial charge is 0.379 e. The lowest BCUT2D eigenvalue weighted by molar-refractivity contribution is 0.0762. The summed E-state index contributed by atoms with van der Waals surface area (Å²) in [5.41, 5.74) is 0. The van der Waals surface area contributed by atoms with Crippen molar-refractivity contribution in [3.63, 3.8) is 0 Å². The molecule has 0 unspecified atom stereocenters. The Labute approximate surface area is 102 Å². The molecule has 98 valence electrons. The minimum absolute atomic E-state index is 0.163. The minimum Gasteiger partial charge on any atom is -0.379 e. The molecule has 6 nitrogen and oxygen atoms in total. The highest BCUT2D eigenvalue weighted by Crippen LogP contribution is 2.04. The summed E-state index contributed by atoms with van der Waals surface area (Å²) in [6.45, 7) is 5.02. The van der Waals surface area contributed by atoms with Crippen molar-refractivity contribution in [1.29, 1.82) is 0 Å². The molecule has 1 heterocycles. The molecular weight excluding hydrogens is 242 g/mol. The molecule has 0 aromatic carbocycles. The van der Waals surface area contributed by atoms with Gasteiger partial charge in [0.15, 0.2) is 0 Å². The molecule has 1 aromatic rings. The van der Waals surface area contributed by atoms with E-state index in [9.17, 15) is 8.42 Å². The van der Waals surface area contributed by atoms with Crippen molar-refractivity contribution in [2.45, 2.75) is 37.7 Å². The lowest BCUT2D eigenvalue weighted by atomic mass is 10.3. The fourth-order valence-electron chi connectivity index (χ4n) is 1.22. The molecule has 0 radical (unpaired) electrons. The van der Waals surface area contributed by atoms with E-state index in [0.29, 0.717) is 13.2 Å². The molecule has 0 amide bonds. The van der Waals surface area contributed by atoms with Gasteiger partial charge in [0, 0.05) is 19.3 Å². The number of nitrogens with zero attached hydrogens (tertiary/aromatic N) is 1. The van der Waals surface area contributed by atoms with Crippen LogP contribution in [0.2, 0.25) is 0 Å². The van der Waals surface area contributed by atoms with E-state index in [0.717, 1.165) is 12.8 Å². The number of aromatic amines is 1. The molecule has 1 aromatic heterocycles. The Morgan fingerprint density at radius 1 is 1.47 bits per heavy atom. The molecule has 2 N–H and O–H groups in total. The van der Waals surface area contributed by atoms with E-state index in [1.165, 1.54) is 12.4 Å². The first-order valence-electron chi connectivity index (χ1n) is 5.62. The minimum atomic E-state index is -3.41. The smallest absolute Gasteiger partial charge is 0.243 e. The number of nitrogens with one attached hydrogen (secondary N) is 2. The first-order valence-corrected chi connectivity index (χ1v) is 7.11. The molecule has 1 rings (SSSR count). The van der Waals surface area contributed by atoms with Gasteiger partial charge in [0.2, 0.25) is 10.0 Å². The van der Waals surface area contributed by atoms with E-state index in [1.54, 1.807) is 0 Å². The predicted molar refractivity (Wildman–Crippen MR) is 64.1 cm³/mol. The van der Waals surface area contributed by atoms with E-state index in [1.807, 2.05) is 13.8 Å². The zero-order valence-corrected chi connectivity index (χ0v) is 11.0. The number of unbranched alkanes of at least 4 members (excludes halogenated alkanes) is 1. The number of aromatic nitrogens is 2. The van der Waals surface area contributed by atoms with Gasteiger partial charge in [-0.3, -0.25) is 5.10 Å². The quantitative estimate of drug-likeness (QED) is 0.681. The average Bonchev–Trinajstić information content (AvgIpc) is 2.76. The van der Waals surface area contributed by atoms with Crippen LogP contribution in [0.1, 0.15) is 26.7 Å². The van der Waals surface area contributed by atoms with E-state index in [4.69, 9.17) is 4.74 Å². The van der Waals surface area contributed by atoms with E-state index >= 15 is 0 Å². The Balaban J connectivity index is 2.19. The maximum atomic E-state index is 11.6. The first-order chi connectivity index (χ1) is 8.02. The highest BCUT2D eigenvalue weighted by Gasteiger charge is 2.13. The number of hydrogen-bond donors (Lipinski definition) is 2. The zero-order chi connectivity index (χ0) is 12.7. The monoisotopic (exact) mass is 261 g/mol. The SMILES string of the molecule is CC(C)OCCCCNS(=O)(=O)c1cn[nH]c1. The van der Waals surface area contributed by atoms with Crippen molar-refractivity contribution in [2.24, 2.45) is 0 Å². The zero-order valence-electron chi connectivity index (χ0n) is 10.1. The fourth-order valence-corrected chi connectivity index (χ4v) is 2.20. The third-order valence-corrected chi connectivity index (χ3v) is 3.53. The van der Waals surface area contributed by atoms with Crippen LogP contribution in [0.4, 0.5) is 0 Å². The van der Waals surface area contributed by atoms with Gasteiger partial charge in [-0.25, -0.2) is 13.1 Å². The topological polar surface area (TPSA) is 84.1 Å². The molecule has 0 aliphatic carbocycles. The lowest BCUT2D eigenvalue weighted by Gasteiger charge is -2.07. The lowest BCUT2D eigenvalue weighted by Crippen LogP contribution is -2.24. The van der Waals surface area contributed by atoms with Gasteiger partial charge in [-0.05, 0) is 26.7 Å². The van der Waals surface area contributed by atoms with E-state index in [2.05, 4.69) is 14.9 Å². The molecule has 0 bridgehead atoms. The number of sulfonamides is 1. The third-order valence-electron chi connectivity index (χ3n) is 2.10. The average molecular weight is 261 g/mol. The van der Waals surface area contributed by atoms with Crippen molar-refractivity contribution in [1.82, 2.24) is 14.9 Å². The summed E-state index contributed by atoms with van der Waals surface area (Å²) in [5.74, 6) is 0. The second-order valence-corrected chi connectivity index (χ2v) is 5.73. The van der Waals surface area contributed by atoms with Gasteiger partial charge in [-0.15, -0.1) is 0 Å². The molecule has 0 saturated heterocycles. The summed E-state index contributed by atoms with van der Waals surface area (Å²) < 4.78 is 31.1. The third kappa shape index (κ3) is 5.29. The molecule has 0 aliphatic heterocycles. The summed E-state index contributed by atoms with van der Waals surface area (Å²) in [5, 5.41) is 6.07. The van der Waals surface area contributed by atoms with Crippen LogP contribution in [0.5, 0.6) is 0 Å². The van der Waals surface area contributed by atoms with E-state index < -0.39 is 10.0 Å². The first kappa shape index (κ1) is 14.1. The van der Waals surface area contributed by atoms with Gasteiger partial charge in [-0.2, -0.15) is 5.10 Å². The van der Waals surface area contributed by atoms with Crippen molar-refractivity contribution in [3.8, 4) is 0 Å². The number of rotatable bonds is 8. The highest BCUT2D eigenvalue weighted by atomic mass is 32.2. The molecule has 17 heavy (non-hydrogen) atoms. The Morgan fingerprint density at radius 2 is 2.24 bits per heavy atom. The van der Waals surface area contributed by atoms with Crippen molar-refractivity contribution >= 4 is 10.0 Å². The summed E-state index contributed by atoms with van der Waals surface area (Å²) in [4.78, 5) is 0.163. The van der Waals surface area contributed by atoms with Gasteiger partial charge in [0.05, 0.1) is 12.3 Å². The van der Waals surface area contributed by atoms with Crippen LogP contribution in [0.25, 0.3) is 0 Å². The summed E-state index contributed by atoms with van der Waals surface area (Å²) in [6, 6.07) is 0.